The standard InChI is InChI=1S/C23H27F3N4O5S/c1-7-29(8-2)13-9-10-14(15(11-13)28-36(34,35)23(24,25)26)17-19(31)18(20(17)32)16-12(3)27-30(21(16)33)22(4,5)6/h9-11H,7-8H2,1-6H3,(H2,27,28,31,32,33). The van der Waals surface area contributed by atoms with Crippen molar-refractivity contribution in [2.75, 3.05) is 13.1 Å². The molecule has 0 saturated carbocycles. The quantitative estimate of drug-likeness (QED) is 0.445. The van der Waals surface area contributed by atoms with Crippen LogP contribution in [0.2, 0.25) is 0 Å². The van der Waals surface area contributed by atoms with E-state index in [-0.39, 0.29) is 22.4 Å². The number of ketones is 1. The van der Waals surface area contributed by atoms with Crippen LogP contribution >= 0.6 is 0 Å². The lowest BCUT2D eigenvalue weighted by molar-refractivity contribution is -0.519. The van der Waals surface area contributed by atoms with Crippen LogP contribution in [0.15, 0.2) is 40.8 Å². The molecule has 3 rings (SSSR count). The second-order valence-electron chi connectivity index (χ2n) is 9.23. The first kappa shape index (κ1) is 27.2. The van der Waals surface area contributed by atoms with E-state index in [4.69, 9.17) is 0 Å². The second kappa shape index (κ2) is 8.95. The maximum absolute atomic E-state index is 13.1. The maximum Gasteiger partial charge on any atom is 0.516 e. The summed E-state index contributed by atoms with van der Waals surface area (Å²) in [5.41, 5.74) is -7.45. The van der Waals surface area contributed by atoms with Gasteiger partial charge in [0.1, 0.15) is 13.1 Å². The van der Waals surface area contributed by atoms with Crippen LogP contribution in [0.4, 0.5) is 13.2 Å². The first-order chi connectivity index (χ1) is 16.5. The third-order valence-corrected chi connectivity index (χ3v) is 6.88. The van der Waals surface area contributed by atoms with Crippen molar-refractivity contribution in [1.29, 1.82) is 0 Å². The molecule has 2 aliphatic rings. The molecule has 0 spiro atoms. The smallest absolute Gasteiger partial charge is 0.516 e. The molecule has 1 aromatic heterocycles. The van der Waals surface area contributed by atoms with Crippen LogP contribution in [0.5, 0.6) is 5.88 Å². The van der Waals surface area contributed by atoms with E-state index in [0.29, 0.717) is 18.8 Å². The van der Waals surface area contributed by atoms with Gasteiger partial charge >= 0.3 is 15.5 Å². The Bertz CT molecular complexity index is 1400. The molecule has 2 N–H and O–H groups in total. The summed E-state index contributed by atoms with van der Waals surface area (Å²) < 4.78 is 67.6. The fourth-order valence-electron chi connectivity index (χ4n) is 3.96. The van der Waals surface area contributed by atoms with E-state index in [9.17, 15) is 36.6 Å². The maximum atomic E-state index is 13.1. The molecule has 0 fully saturated rings. The van der Waals surface area contributed by atoms with E-state index in [1.807, 2.05) is 0 Å². The fraction of sp³-hybridized carbons (Fsp3) is 0.435. The molecular formula is C23H27F3N4O5S. The fourth-order valence-corrected chi connectivity index (χ4v) is 4.54. The van der Waals surface area contributed by atoms with Gasteiger partial charge in [0.2, 0.25) is 11.6 Å². The molecule has 0 amide bonds. The summed E-state index contributed by atoms with van der Waals surface area (Å²) >= 11 is 0. The summed E-state index contributed by atoms with van der Waals surface area (Å²) in [6.07, 6.45) is 3.87. The number of rotatable bonds is 5. The number of aromatic nitrogens is 2. The number of aryl methyl sites for hydroxylation is 1. The average Bonchev–Trinajstić information content (AvgIpc) is 3.04. The lowest BCUT2D eigenvalue weighted by atomic mass is 9.79. The SMILES string of the molecule is CC[N+](CC)=C1C=C/C(=C2\C(=O)C(c3c(C)nn(C(C)(C)C)c3O)=C2[O-])C(NS(=O)(=O)C(F)(F)F)=C1. The third kappa shape index (κ3) is 4.47. The minimum Gasteiger partial charge on any atom is -0.871 e. The van der Waals surface area contributed by atoms with E-state index < -0.39 is 49.8 Å². The summed E-state index contributed by atoms with van der Waals surface area (Å²) in [5.74, 6) is -2.07. The lowest BCUT2D eigenvalue weighted by Crippen LogP contribution is -2.39. The van der Waals surface area contributed by atoms with Gasteiger partial charge in [-0.1, -0.05) is 5.76 Å². The van der Waals surface area contributed by atoms with Crippen LogP contribution in [-0.4, -0.2) is 58.0 Å². The van der Waals surface area contributed by atoms with Crippen LogP contribution in [0.1, 0.15) is 45.9 Å². The molecule has 1 heterocycles. The number of nitrogens with zero attached hydrogens (tertiary/aromatic N) is 3. The Labute approximate surface area is 206 Å². The molecule has 0 saturated heterocycles. The Kier molecular flexibility index (Phi) is 6.77. The molecular weight excluding hydrogens is 501 g/mol. The van der Waals surface area contributed by atoms with Crippen molar-refractivity contribution in [3.63, 3.8) is 0 Å². The van der Waals surface area contributed by atoms with E-state index in [1.54, 1.807) is 39.2 Å². The van der Waals surface area contributed by atoms with Crippen molar-refractivity contribution in [2.45, 2.75) is 52.6 Å². The van der Waals surface area contributed by atoms with Gasteiger partial charge in [-0.2, -0.15) is 26.7 Å². The second-order valence-corrected chi connectivity index (χ2v) is 10.9. The minimum atomic E-state index is -5.84. The monoisotopic (exact) mass is 528 g/mol. The zero-order chi connectivity index (χ0) is 27.4. The highest BCUT2D eigenvalue weighted by Gasteiger charge is 2.47. The van der Waals surface area contributed by atoms with Crippen molar-refractivity contribution in [3.05, 3.63) is 52.1 Å². The van der Waals surface area contributed by atoms with Crippen molar-refractivity contribution >= 4 is 27.1 Å². The van der Waals surface area contributed by atoms with Gasteiger partial charge in [0.05, 0.1) is 22.5 Å². The van der Waals surface area contributed by atoms with E-state index in [2.05, 4.69) is 5.10 Å². The van der Waals surface area contributed by atoms with E-state index in [1.165, 1.54) is 28.5 Å². The number of aromatic hydroxyl groups is 1. The molecule has 1 aromatic rings. The number of Topliss-reactive ketones (excluding diaryl/α,β-unsaturated/α-hetero) is 1. The van der Waals surface area contributed by atoms with Crippen LogP contribution < -0.4 is 9.83 Å². The van der Waals surface area contributed by atoms with Gasteiger partial charge in [0.15, 0.2) is 5.78 Å². The molecule has 13 heteroatoms. The summed E-state index contributed by atoms with van der Waals surface area (Å²) in [7, 11) is -5.84. The highest BCUT2D eigenvalue weighted by Crippen LogP contribution is 2.44. The Hall–Kier alpha value is -3.35. The number of alkyl halides is 3. The molecule has 196 valence electrons. The third-order valence-electron chi connectivity index (χ3n) is 5.78. The number of carbonyl (C=O) groups excluding carboxylic acids is 1. The van der Waals surface area contributed by atoms with Crippen molar-refractivity contribution < 1.29 is 41.2 Å². The van der Waals surface area contributed by atoms with Gasteiger partial charge in [-0.15, -0.1) is 0 Å². The predicted molar refractivity (Wildman–Crippen MR) is 124 cm³/mol. The Morgan fingerprint density at radius 1 is 1.14 bits per heavy atom. The summed E-state index contributed by atoms with van der Waals surface area (Å²) in [6, 6.07) is 0. The molecule has 2 aliphatic carbocycles. The highest BCUT2D eigenvalue weighted by atomic mass is 32.2. The van der Waals surface area contributed by atoms with E-state index in [0.717, 1.165) is 6.08 Å². The summed E-state index contributed by atoms with van der Waals surface area (Å²) in [4.78, 5) is 13.1. The van der Waals surface area contributed by atoms with Gasteiger partial charge in [-0.05, 0) is 47.6 Å². The lowest BCUT2D eigenvalue weighted by Gasteiger charge is -2.33. The highest BCUT2D eigenvalue weighted by molar-refractivity contribution is 7.90. The average molecular weight is 529 g/mol. The van der Waals surface area contributed by atoms with Crippen LogP contribution in [-0.2, 0) is 20.4 Å². The number of allylic oxidation sites excluding steroid dienone is 5. The van der Waals surface area contributed by atoms with Crippen LogP contribution in [0.3, 0.4) is 0 Å². The zero-order valence-electron chi connectivity index (χ0n) is 20.6. The number of hydrogen-bond acceptors (Lipinski definition) is 6. The number of carbonyl (C=O) groups is 1. The van der Waals surface area contributed by atoms with Gasteiger partial charge < -0.3 is 10.2 Å². The van der Waals surface area contributed by atoms with E-state index >= 15 is 0 Å². The Balaban J connectivity index is 2.22. The normalized spacial score (nSPS) is 19.0. The zero-order valence-corrected chi connectivity index (χ0v) is 21.4. The number of halogens is 3. The topological polar surface area (TPSA) is 127 Å². The molecule has 0 unspecified atom stereocenters. The van der Waals surface area contributed by atoms with Gasteiger partial charge in [-0.25, -0.2) is 9.26 Å². The number of nitrogens with one attached hydrogen (secondary N) is 1. The van der Waals surface area contributed by atoms with Crippen molar-refractivity contribution in [1.82, 2.24) is 14.5 Å². The molecule has 0 aliphatic heterocycles. The summed E-state index contributed by atoms with van der Waals surface area (Å²) in [6.45, 7) is 11.3. The Morgan fingerprint density at radius 3 is 2.17 bits per heavy atom. The summed E-state index contributed by atoms with van der Waals surface area (Å²) in [5, 5.41) is 28.0. The molecule has 36 heavy (non-hydrogen) atoms. The molecule has 0 atom stereocenters. The first-order valence-corrected chi connectivity index (χ1v) is 12.6. The van der Waals surface area contributed by atoms with Gasteiger partial charge in [0.25, 0.3) is 0 Å². The molecule has 0 bridgehead atoms. The molecule has 9 nitrogen and oxygen atoms in total. The molecule has 0 radical (unpaired) electrons. The van der Waals surface area contributed by atoms with Crippen LogP contribution in [0.25, 0.3) is 5.57 Å². The minimum absolute atomic E-state index is 0.0686. The van der Waals surface area contributed by atoms with Crippen molar-refractivity contribution in [2.24, 2.45) is 0 Å². The van der Waals surface area contributed by atoms with Gasteiger partial charge in [0, 0.05) is 28.9 Å². The van der Waals surface area contributed by atoms with Crippen LogP contribution in [0, 0.1) is 6.92 Å². The predicted octanol–water partition coefficient (Wildman–Crippen LogP) is 1.99. The largest absolute Gasteiger partial charge is 0.871 e. The van der Waals surface area contributed by atoms with Crippen molar-refractivity contribution in [3.8, 4) is 5.88 Å². The Morgan fingerprint density at radius 2 is 1.72 bits per heavy atom. The number of hydrogen-bond donors (Lipinski definition) is 2. The van der Waals surface area contributed by atoms with Gasteiger partial charge in [-0.3, -0.25) is 9.52 Å². The first-order valence-electron chi connectivity index (χ1n) is 11.1. The number of sulfonamides is 1. The molecule has 0 aromatic carbocycles.